The molecule has 0 aliphatic rings. The van der Waals surface area contributed by atoms with Crippen molar-refractivity contribution in [3.63, 3.8) is 0 Å². The van der Waals surface area contributed by atoms with E-state index in [4.69, 9.17) is 4.74 Å². The molecule has 1 atom stereocenters. The number of carbonyl (C=O) groups excluding carboxylic acids is 1. The first-order chi connectivity index (χ1) is 7.06. The van der Waals surface area contributed by atoms with Gasteiger partial charge in [-0.05, 0) is 56.5 Å². The number of esters is 1. The van der Waals surface area contributed by atoms with E-state index in [1.54, 1.807) is 25.1 Å². The third kappa shape index (κ3) is 3.29. The van der Waals surface area contributed by atoms with E-state index in [9.17, 15) is 9.90 Å². The van der Waals surface area contributed by atoms with Gasteiger partial charge in [0.2, 0.25) is 0 Å². The minimum Gasteiger partial charge on any atom is -0.464 e. The molecule has 1 aromatic carbocycles. The molecule has 0 bridgehead atoms. The van der Waals surface area contributed by atoms with Crippen LogP contribution in [0.2, 0.25) is 0 Å². The van der Waals surface area contributed by atoms with Crippen LogP contribution >= 0.6 is 31.9 Å². The summed E-state index contributed by atoms with van der Waals surface area (Å²) in [6, 6.07) is 5.09. The van der Waals surface area contributed by atoms with E-state index in [0.29, 0.717) is 5.56 Å². The predicted octanol–water partition coefficient (Wildman–Crippen LogP) is 2.81. The normalized spacial score (nSPS) is 12.3. The fourth-order valence-electron chi connectivity index (χ4n) is 1.04. The highest BCUT2D eigenvalue weighted by Gasteiger charge is 2.18. The molecule has 0 aliphatic heterocycles. The maximum Gasteiger partial charge on any atom is 0.339 e. The van der Waals surface area contributed by atoms with Gasteiger partial charge in [-0.1, -0.05) is 6.07 Å². The number of hydrogen-bond donors (Lipinski definition) is 1. The molecule has 82 valence electrons. The third-order valence-electron chi connectivity index (χ3n) is 1.77. The molecule has 5 heteroatoms. The van der Waals surface area contributed by atoms with Gasteiger partial charge in [0.25, 0.3) is 0 Å². The smallest absolute Gasteiger partial charge is 0.339 e. The highest BCUT2D eigenvalue weighted by atomic mass is 79.9. The molecular weight excluding hydrogens is 328 g/mol. The van der Waals surface area contributed by atoms with Crippen molar-refractivity contribution in [2.45, 2.75) is 13.0 Å². The minimum atomic E-state index is -1.23. The average molecular weight is 338 g/mol. The molecule has 0 aliphatic carbocycles. The van der Waals surface area contributed by atoms with E-state index in [0.717, 1.165) is 8.95 Å². The summed E-state index contributed by atoms with van der Waals surface area (Å²) in [6.45, 7) is 1.95. The van der Waals surface area contributed by atoms with E-state index >= 15 is 0 Å². The second-order valence-corrected chi connectivity index (χ2v) is 4.54. The largest absolute Gasteiger partial charge is 0.464 e. The maximum atomic E-state index is 11.2. The Morgan fingerprint density at radius 3 is 2.67 bits per heavy atom. The summed E-state index contributed by atoms with van der Waals surface area (Å²) in [4.78, 5) is 11.2. The first-order valence-corrected chi connectivity index (χ1v) is 5.94. The molecule has 0 fully saturated rings. The molecule has 0 aromatic heterocycles. The van der Waals surface area contributed by atoms with Gasteiger partial charge in [-0.2, -0.15) is 0 Å². The van der Waals surface area contributed by atoms with Crippen LogP contribution in [0.4, 0.5) is 0 Å². The lowest BCUT2D eigenvalue weighted by Crippen LogP contribution is -2.15. The predicted molar refractivity (Wildman–Crippen MR) is 63.4 cm³/mol. The van der Waals surface area contributed by atoms with Gasteiger partial charge in [0.1, 0.15) is 0 Å². The molecular formula is C10H10Br2O3. The standard InChI is InChI=1S/C10H10Br2O3/c1-2-15-10(14)9(13)6-3-4-7(11)8(12)5-6/h3-5,9,13H,2H2,1H3. The number of aliphatic hydroxyl groups excluding tert-OH is 1. The Kier molecular flexibility index (Phi) is 4.76. The van der Waals surface area contributed by atoms with Crippen molar-refractivity contribution in [3.8, 4) is 0 Å². The van der Waals surface area contributed by atoms with Gasteiger partial charge in [0, 0.05) is 8.95 Å². The highest BCUT2D eigenvalue weighted by Crippen LogP contribution is 2.26. The van der Waals surface area contributed by atoms with Crippen LogP contribution in [-0.4, -0.2) is 17.7 Å². The van der Waals surface area contributed by atoms with Crippen LogP contribution < -0.4 is 0 Å². The first kappa shape index (κ1) is 12.7. The minimum absolute atomic E-state index is 0.258. The van der Waals surface area contributed by atoms with Gasteiger partial charge < -0.3 is 9.84 Å². The Labute approximate surface area is 105 Å². The van der Waals surface area contributed by atoms with Crippen LogP contribution in [0.15, 0.2) is 27.1 Å². The SMILES string of the molecule is CCOC(=O)C(O)c1ccc(Br)c(Br)c1. The van der Waals surface area contributed by atoms with Gasteiger partial charge >= 0.3 is 5.97 Å². The molecule has 0 amide bonds. The zero-order chi connectivity index (χ0) is 11.4. The fraction of sp³-hybridized carbons (Fsp3) is 0.300. The molecule has 3 nitrogen and oxygen atoms in total. The fourth-order valence-corrected chi connectivity index (χ4v) is 1.68. The van der Waals surface area contributed by atoms with Gasteiger partial charge in [-0.3, -0.25) is 0 Å². The lowest BCUT2D eigenvalue weighted by atomic mass is 10.1. The zero-order valence-electron chi connectivity index (χ0n) is 8.04. The number of rotatable bonds is 3. The molecule has 0 saturated heterocycles. The molecule has 1 aromatic rings. The van der Waals surface area contributed by atoms with Crippen molar-refractivity contribution in [2.24, 2.45) is 0 Å². The van der Waals surface area contributed by atoms with Crippen molar-refractivity contribution >= 4 is 37.8 Å². The second kappa shape index (κ2) is 5.63. The third-order valence-corrected chi connectivity index (χ3v) is 3.65. The Hall–Kier alpha value is -0.390. The van der Waals surface area contributed by atoms with Gasteiger partial charge in [-0.25, -0.2) is 4.79 Å². The van der Waals surface area contributed by atoms with Crippen LogP contribution in [0, 0.1) is 0 Å². The molecule has 0 spiro atoms. The number of benzene rings is 1. The van der Waals surface area contributed by atoms with E-state index in [1.807, 2.05) is 0 Å². The van der Waals surface area contributed by atoms with Gasteiger partial charge in [0.15, 0.2) is 6.10 Å². The Bertz CT molecular complexity index is 366. The lowest BCUT2D eigenvalue weighted by molar-refractivity contribution is -0.153. The summed E-state index contributed by atoms with van der Waals surface area (Å²) in [6.07, 6.45) is -1.23. The maximum absolute atomic E-state index is 11.2. The summed E-state index contributed by atoms with van der Waals surface area (Å²) in [5.74, 6) is -0.633. The average Bonchev–Trinajstić information content (AvgIpc) is 2.21. The van der Waals surface area contributed by atoms with E-state index in [2.05, 4.69) is 31.9 Å². The summed E-state index contributed by atoms with van der Waals surface area (Å²) in [5, 5.41) is 9.62. The van der Waals surface area contributed by atoms with Gasteiger partial charge in [-0.15, -0.1) is 0 Å². The van der Waals surface area contributed by atoms with Crippen molar-refractivity contribution in [1.82, 2.24) is 0 Å². The van der Waals surface area contributed by atoms with Crippen LogP contribution in [-0.2, 0) is 9.53 Å². The molecule has 1 N–H and O–H groups in total. The summed E-state index contributed by atoms with van der Waals surface area (Å²) in [7, 11) is 0. The lowest BCUT2D eigenvalue weighted by Gasteiger charge is -2.10. The van der Waals surface area contributed by atoms with Crippen molar-refractivity contribution in [1.29, 1.82) is 0 Å². The quantitative estimate of drug-likeness (QED) is 0.863. The van der Waals surface area contributed by atoms with Crippen molar-refractivity contribution in [2.75, 3.05) is 6.61 Å². The molecule has 0 radical (unpaired) electrons. The first-order valence-electron chi connectivity index (χ1n) is 4.36. The zero-order valence-corrected chi connectivity index (χ0v) is 11.2. The summed E-state index contributed by atoms with van der Waals surface area (Å²) >= 11 is 6.59. The monoisotopic (exact) mass is 336 g/mol. The molecule has 0 saturated carbocycles. The Morgan fingerprint density at radius 2 is 2.13 bits per heavy atom. The second-order valence-electron chi connectivity index (χ2n) is 2.83. The number of aliphatic hydroxyl groups is 1. The molecule has 1 rings (SSSR count). The van der Waals surface area contributed by atoms with Crippen molar-refractivity contribution in [3.05, 3.63) is 32.7 Å². The number of carbonyl (C=O) groups is 1. The number of hydrogen-bond acceptors (Lipinski definition) is 3. The summed E-state index contributed by atoms with van der Waals surface area (Å²) in [5.41, 5.74) is 0.503. The highest BCUT2D eigenvalue weighted by molar-refractivity contribution is 9.13. The molecule has 0 heterocycles. The summed E-state index contributed by atoms with van der Waals surface area (Å²) < 4.78 is 6.36. The topological polar surface area (TPSA) is 46.5 Å². The molecule has 15 heavy (non-hydrogen) atoms. The molecule has 1 unspecified atom stereocenters. The van der Waals surface area contributed by atoms with Crippen LogP contribution in [0.25, 0.3) is 0 Å². The van der Waals surface area contributed by atoms with Gasteiger partial charge in [0.05, 0.1) is 6.61 Å². The van der Waals surface area contributed by atoms with Crippen LogP contribution in [0.1, 0.15) is 18.6 Å². The number of ether oxygens (including phenoxy) is 1. The Morgan fingerprint density at radius 1 is 1.47 bits per heavy atom. The van der Waals surface area contributed by atoms with Crippen molar-refractivity contribution < 1.29 is 14.6 Å². The van der Waals surface area contributed by atoms with Crippen LogP contribution in [0.5, 0.6) is 0 Å². The number of halogens is 2. The van der Waals surface area contributed by atoms with E-state index in [-0.39, 0.29) is 6.61 Å². The van der Waals surface area contributed by atoms with E-state index in [1.165, 1.54) is 0 Å². The van der Waals surface area contributed by atoms with Crippen LogP contribution in [0.3, 0.4) is 0 Å². The Balaban J connectivity index is 2.86. The van der Waals surface area contributed by atoms with E-state index < -0.39 is 12.1 Å².